The van der Waals surface area contributed by atoms with Gasteiger partial charge < -0.3 is 10.6 Å². The minimum Gasteiger partial charge on any atom is -0.354 e. The van der Waals surface area contributed by atoms with Gasteiger partial charge in [-0.15, -0.1) is 0 Å². The molecular formula is C15H20N4. The normalized spacial score (nSPS) is 16.7. The number of aryl methyl sites for hydroxylation is 1. The smallest absolute Gasteiger partial charge is 0.223 e. The van der Waals surface area contributed by atoms with Crippen molar-refractivity contribution >= 4 is 16.9 Å². The predicted octanol–water partition coefficient (Wildman–Crippen LogP) is 2.35. The Bertz CT molecular complexity index is 561. The van der Waals surface area contributed by atoms with Crippen molar-refractivity contribution in [2.24, 2.45) is 5.92 Å². The molecule has 2 heterocycles. The van der Waals surface area contributed by atoms with Gasteiger partial charge in [0.15, 0.2) is 0 Å². The van der Waals surface area contributed by atoms with E-state index >= 15 is 0 Å². The molecule has 0 bridgehead atoms. The fourth-order valence-corrected chi connectivity index (χ4v) is 2.64. The number of anilines is 1. The first-order valence-electron chi connectivity index (χ1n) is 7.01. The van der Waals surface area contributed by atoms with Gasteiger partial charge in [0, 0.05) is 11.9 Å². The Kier molecular flexibility index (Phi) is 3.60. The molecule has 0 unspecified atom stereocenters. The van der Waals surface area contributed by atoms with Crippen LogP contribution in [0, 0.1) is 12.8 Å². The van der Waals surface area contributed by atoms with Crippen LogP contribution in [0.3, 0.4) is 0 Å². The third-order valence-corrected chi connectivity index (χ3v) is 3.80. The molecule has 1 aliphatic heterocycles. The molecule has 0 spiro atoms. The van der Waals surface area contributed by atoms with Gasteiger partial charge in [-0.05, 0) is 44.8 Å². The Labute approximate surface area is 113 Å². The average Bonchev–Trinajstić information content (AvgIpc) is 2.46. The Morgan fingerprint density at radius 2 is 2.00 bits per heavy atom. The van der Waals surface area contributed by atoms with Crippen LogP contribution in [0.2, 0.25) is 0 Å². The van der Waals surface area contributed by atoms with Crippen molar-refractivity contribution in [3.05, 3.63) is 30.0 Å². The summed E-state index contributed by atoms with van der Waals surface area (Å²) in [5.74, 6) is 1.49. The lowest BCUT2D eigenvalue weighted by Gasteiger charge is -2.22. The number of nitrogens with one attached hydrogen (secondary N) is 2. The molecule has 0 saturated carbocycles. The maximum atomic E-state index is 4.58. The lowest BCUT2D eigenvalue weighted by molar-refractivity contribution is 0.389. The second kappa shape index (κ2) is 5.53. The highest BCUT2D eigenvalue weighted by Crippen LogP contribution is 2.17. The van der Waals surface area contributed by atoms with Crippen LogP contribution >= 0.6 is 0 Å². The van der Waals surface area contributed by atoms with Crippen LogP contribution in [-0.2, 0) is 0 Å². The van der Waals surface area contributed by atoms with E-state index in [9.17, 15) is 0 Å². The van der Waals surface area contributed by atoms with Gasteiger partial charge in [-0.2, -0.15) is 0 Å². The van der Waals surface area contributed by atoms with Crippen LogP contribution in [0.4, 0.5) is 5.95 Å². The van der Waals surface area contributed by atoms with Crippen molar-refractivity contribution in [2.75, 3.05) is 25.0 Å². The van der Waals surface area contributed by atoms with Crippen molar-refractivity contribution in [3.63, 3.8) is 0 Å². The molecule has 0 atom stereocenters. The van der Waals surface area contributed by atoms with Gasteiger partial charge in [-0.1, -0.05) is 18.2 Å². The molecule has 2 N–H and O–H groups in total. The largest absolute Gasteiger partial charge is 0.354 e. The summed E-state index contributed by atoms with van der Waals surface area (Å²) in [5, 5.41) is 7.92. The Balaban J connectivity index is 1.73. The zero-order valence-corrected chi connectivity index (χ0v) is 11.3. The summed E-state index contributed by atoms with van der Waals surface area (Å²) in [6.07, 6.45) is 2.47. The topological polar surface area (TPSA) is 49.8 Å². The summed E-state index contributed by atoms with van der Waals surface area (Å²) < 4.78 is 0. The molecule has 4 nitrogen and oxygen atoms in total. The summed E-state index contributed by atoms with van der Waals surface area (Å²) in [4.78, 5) is 9.13. The van der Waals surface area contributed by atoms with E-state index in [0.29, 0.717) is 0 Å². The lowest BCUT2D eigenvalue weighted by Crippen LogP contribution is -2.31. The first-order valence-corrected chi connectivity index (χ1v) is 7.01. The standard InChI is InChI=1S/C15H20N4/c1-11-13-4-2-3-5-14(13)19-15(18-11)17-10-12-6-8-16-9-7-12/h2-5,12,16H,6-10H2,1H3,(H,17,18,19). The van der Waals surface area contributed by atoms with Gasteiger partial charge in [0.25, 0.3) is 0 Å². The second-order valence-electron chi connectivity index (χ2n) is 5.22. The van der Waals surface area contributed by atoms with E-state index in [4.69, 9.17) is 0 Å². The Morgan fingerprint density at radius 1 is 1.21 bits per heavy atom. The van der Waals surface area contributed by atoms with E-state index in [1.54, 1.807) is 0 Å². The number of fused-ring (bicyclic) bond motifs is 1. The minimum absolute atomic E-state index is 0.733. The molecule has 2 aromatic rings. The van der Waals surface area contributed by atoms with E-state index in [1.165, 1.54) is 12.8 Å². The third-order valence-electron chi connectivity index (χ3n) is 3.80. The van der Waals surface area contributed by atoms with Crippen LogP contribution in [0.1, 0.15) is 18.5 Å². The molecule has 3 rings (SSSR count). The molecule has 0 aliphatic carbocycles. The zero-order valence-electron chi connectivity index (χ0n) is 11.3. The first kappa shape index (κ1) is 12.4. The highest BCUT2D eigenvalue weighted by molar-refractivity contribution is 5.81. The van der Waals surface area contributed by atoms with E-state index < -0.39 is 0 Å². The quantitative estimate of drug-likeness (QED) is 0.885. The van der Waals surface area contributed by atoms with E-state index in [0.717, 1.165) is 48.1 Å². The average molecular weight is 256 g/mol. The molecule has 1 aromatic carbocycles. The second-order valence-corrected chi connectivity index (χ2v) is 5.22. The van der Waals surface area contributed by atoms with Gasteiger partial charge >= 0.3 is 0 Å². The van der Waals surface area contributed by atoms with Crippen molar-refractivity contribution in [1.82, 2.24) is 15.3 Å². The summed E-state index contributed by atoms with van der Waals surface area (Å²) in [6.45, 7) is 5.27. The van der Waals surface area contributed by atoms with Crippen molar-refractivity contribution < 1.29 is 0 Å². The van der Waals surface area contributed by atoms with Gasteiger partial charge in [0.05, 0.1) is 11.2 Å². The molecule has 0 radical (unpaired) electrons. The number of rotatable bonds is 3. The van der Waals surface area contributed by atoms with Crippen LogP contribution in [0.5, 0.6) is 0 Å². The molecular weight excluding hydrogens is 236 g/mol. The van der Waals surface area contributed by atoms with Crippen molar-refractivity contribution in [2.45, 2.75) is 19.8 Å². The van der Waals surface area contributed by atoms with E-state index in [1.807, 2.05) is 25.1 Å². The molecule has 100 valence electrons. The predicted molar refractivity (Wildman–Crippen MR) is 78.4 cm³/mol. The molecule has 1 fully saturated rings. The van der Waals surface area contributed by atoms with Crippen LogP contribution in [0.15, 0.2) is 24.3 Å². The summed E-state index contributed by atoms with van der Waals surface area (Å²) in [7, 11) is 0. The summed E-state index contributed by atoms with van der Waals surface area (Å²) in [6, 6.07) is 8.16. The monoisotopic (exact) mass is 256 g/mol. The highest BCUT2D eigenvalue weighted by Gasteiger charge is 2.13. The van der Waals surface area contributed by atoms with Crippen molar-refractivity contribution in [3.8, 4) is 0 Å². The maximum absolute atomic E-state index is 4.58. The lowest BCUT2D eigenvalue weighted by atomic mass is 9.98. The molecule has 0 amide bonds. The van der Waals surface area contributed by atoms with Gasteiger partial charge in [0.2, 0.25) is 5.95 Å². The highest BCUT2D eigenvalue weighted by atomic mass is 15.1. The number of piperidine rings is 1. The number of hydrogen-bond acceptors (Lipinski definition) is 4. The number of para-hydroxylation sites is 1. The number of hydrogen-bond donors (Lipinski definition) is 2. The maximum Gasteiger partial charge on any atom is 0.223 e. The molecule has 1 aromatic heterocycles. The SMILES string of the molecule is Cc1nc(NCC2CCNCC2)nc2ccccc12. The van der Waals surface area contributed by atoms with Gasteiger partial charge in [-0.25, -0.2) is 9.97 Å². The van der Waals surface area contributed by atoms with E-state index in [2.05, 4.69) is 26.7 Å². The molecule has 1 aliphatic rings. The fraction of sp³-hybridized carbons (Fsp3) is 0.467. The molecule has 4 heteroatoms. The zero-order chi connectivity index (χ0) is 13.1. The van der Waals surface area contributed by atoms with Gasteiger partial charge in [-0.3, -0.25) is 0 Å². The third kappa shape index (κ3) is 2.84. The van der Waals surface area contributed by atoms with Crippen LogP contribution < -0.4 is 10.6 Å². The van der Waals surface area contributed by atoms with Gasteiger partial charge in [0.1, 0.15) is 0 Å². The van der Waals surface area contributed by atoms with Crippen molar-refractivity contribution in [1.29, 1.82) is 0 Å². The molecule has 1 saturated heterocycles. The first-order chi connectivity index (χ1) is 9.33. The number of benzene rings is 1. The van der Waals surface area contributed by atoms with Crippen LogP contribution in [-0.4, -0.2) is 29.6 Å². The number of nitrogens with zero attached hydrogens (tertiary/aromatic N) is 2. The Hall–Kier alpha value is -1.68. The minimum atomic E-state index is 0.733. The summed E-state index contributed by atoms with van der Waals surface area (Å²) >= 11 is 0. The number of aromatic nitrogens is 2. The van der Waals surface area contributed by atoms with Crippen LogP contribution in [0.25, 0.3) is 10.9 Å². The summed E-state index contributed by atoms with van der Waals surface area (Å²) in [5.41, 5.74) is 2.06. The molecule has 19 heavy (non-hydrogen) atoms. The fourth-order valence-electron chi connectivity index (χ4n) is 2.64. The Morgan fingerprint density at radius 3 is 2.84 bits per heavy atom. The van der Waals surface area contributed by atoms with E-state index in [-0.39, 0.29) is 0 Å².